The van der Waals surface area contributed by atoms with Gasteiger partial charge in [0.1, 0.15) is 5.82 Å². The molecule has 0 unspecified atom stereocenters. The van der Waals surface area contributed by atoms with E-state index < -0.39 is 0 Å². The number of hydrogen-bond donors (Lipinski definition) is 2. The van der Waals surface area contributed by atoms with Gasteiger partial charge in [-0.05, 0) is 26.3 Å². The van der Waals surface area contributed by atoms with E-state index in [1.54, 1.807) is 6.07 Å². The first kappa shape index (κ1) is 16.0. The average molecular weight is 309 g/mol. The fourth-order valence-corrected chi connectivity index (χ4v) is 3.14. The summed E-state index contributed by atoms with van der Waals surface area (Å²) in [4.78, 5) is 22.8. The van der Waals surface area contributed by atoms with E-state index in [1.165, 1.54) is 11.8 Å². The zero-order chi connectivity index (χ0) is 15.2. The largest absolute Gasteiger partial charge is 0.384 e. The first-order valence-electron chi connectivity index (χ1n) is 7.32. The van der Waals surface area contributed by atoms with Crippen molar-refractivity contribution in [1.29, 1.82) is 0 Å². The van der Waals surface area contributed by atoms with Crippen LogP contribution in [-0.2, 0) is 4.79 Å². The minimum atomic E-state index is 0.0404. The van der Waals surface area contributed by atoms with E-state index in [4.69, 9.17) is 5.73 Å². The summed E-state index contributed by atoms with van der Waals surface area (Å²) >= 11 is 1.33. The molecule has 2 rings (SSSR count). The Bertz CT molecular complexity index is 468. The fourth-order valence-electron chi connectivity index (χ4n) is 2.42. The number of aryl methyl sites for hydroxylation is 1. The predicted molar refractivity (Wildman–Crippen MR) is 85.2 cm³/mol. The number of nitrogens with one attached hydrogen (secondary N) is 1. The van der Waals surface area contributed by atoms with Gasteiger partial charge in [0.05, 0.1) is 5.75 Å². The molecule has 1 aromatic heterocycles. The van der Waals surface area contributed by atoms with Gasteiger partial charge >= 0.3 is 0 Å². The number of nitrogens with two attached hydrogens (primary N) is 1. The molecule has 3 N–H and O–H groups in total. The lowest BCUT2D eigenvalue weighted by molar-refractivity contribution is -0.119. The van der Waals surface area contributed by atoms with E-state index in [0.29, 0.717) is 22.8 Å². The summed E-state index contributed by atoms with van der Waals surface area (Å²) in [5.41, 5.74) is 6.49. The number of aromatic nitrogens is 2. The molecule has 0 spiro atoms. The first-order valence-corrected chi connectivity index (χ1v) is 8.31. The molecule has 0 bridgehead atoms. The zero-order valence-electron chi connectivity index (χ0n) is 12.6. The van der Waals surface area contributed by atoms with Crippen molar-refractivity contribution in [2.24, 2.45) is 0 Å². The summed E-state index contributed by atoms with van der Waals surface area (Å²) in [6.07, 6.45) is 2.05. The van der Waals surface area contributed by atoms with Crippen LogP contribution in [0.25, 0.3) is 0 Å². The third-order valence-electron chi connectivity index (χ3n) is 3.59. The van der Waals surface area contributed by atoms with Crippen LogP contribution in [0.3, 0.4) is 0 Å². The molecule has 1 aromatic rings. The van der Waals surface area contributed by atoms with Crippen LogP contribution in [0.5, 0.6) is 0 Å². The van der Waals surface area contributed by atoms with Crippen LogP contribution in [0.1, 0.15) is 25.5 Å². The van der Waals surface area contributed by atoms with Crippen molar-refractivity contribution >= 4 is 23.5 Å². The molecule has 116 valence electrons. The number of carbonyl (C=O) groups is 1. The molecule has 1 saturated heterocycles. The Morgan fingerprint density at radius 1 is 1.48 bits per heavy atom. The van der Waals surface area contributed by atoms with Crippen molar-refractivity contribution in [3.8, 4) is 0 Å². The molecule has 1 aliphatic heterocycles. The topological polar surface area (TPSA) is 84.1 Å². The van der Waals surface area contributed by atoms with Crippen LogP contribution in [-0.4, -0.2) is 52.2 Å². The molecule has 2 heterocycles. The molecule has 0 atom stereocenters. The van der Waals surface area contributed by atoms with Crippen LogP contribution >= 0.6 is 11.8 Å². The van der Waals surface area contributed by atoms with Crippen LogP contribution < -0.4 is 11.1 Å². The van der Waals surface area contributed by atoms with Crippen LogP contribution in [0.2, 0.25) is 0 Å². The quantitative estimate of drug-likeness (QED) is 0.625. The average Bonchev–Trinajstić information content (AvgIpc) is 2.45. The van der Waals surface area contributed by atoms with Gasteiger partial charge in [0, 0.05) is 30.9 Å². The van der Waals surface area contributed by atoms with Gasteiger partial charge in [-0.15, -0.1) is 0 Å². The second kappa shape index (κ2) is 7.61. The van der Waals surface area contributed by atoms with Crippen molar-refractivity contribution < 1.29 is 4.79 Å². The zero-order valence-corrected chi connectivity index (χ0v) is 13.4. The highest BCUT2D eigenvalue weighted by Gasteiger charge is 2.19. The lowest BCUT2D eigenvalue weighted by atomic mass is 10.1. The van der Waals surface area contributed by atoms with Crippen molar-refractivity contribution in [2.75, 3.05) is 31.1 Å². The van der Waals surface area contributed by atoms with Gasteiger partial charge in [0.2, 0.25) is 5.91 Å². The summed E-state index contributed by atoms with van der Waals surface area (Å²) in [5, 5.41) is 3.65. The van der Waals surface area contributed by atoms with Gasteiger partial charge in [-0.1, -0.05) is 18.7 Å². The van der Waals surface area contributed by atoms with Gasteiger partial charge in [-0.2, -0.15) is 0 Å². The Balaban J connectivity index is 1.75. The number of amides is 1. The van der Waals surface area contributed by atoms with E-state index in [9.17, 15) is 4.79 Å². The van der Waals surface area contributed by atoms with E-state index in [2.05, 4.69) is 27.1 Å². The van der Waals surface area contributed by atoms with Crippen molar-refractivity contribution in [1.82, 2.24) is 20.2 Å². The SMILES string of the molecule is CCN1CCC(NC(=O)CSc2nc(C)cc(N)n2)CC1. The third kappa shape index (κ3) is 5.17. The van der Waals surface area contributed by atoms with Crippen LogP contribution in [0, 0.1) is 6.92 Å². The first-order chi connectivity index (χ1) is 10.1. The molecule has 1 aliphatic rings. The molecule has 1 fully saturated rings. The van der Waals surface area contributed by atoms with E-state index in [1.807, 2.05) is 6.92 Å². The summed E-state index contributed by atoms with van der Waals surface area (Å²) < 4.78 is 0. The number of likely N-dealkylation sites (tertiary alicyclic amines) is 1. The minimum Gasteiger partial charge on any atom is -0.384 e. The van der Waals surface area contributed by atoms with Gasteiger partial charge < -0.3 is 16.0 Å². The third-order valence-corrected chi connectivity index (χ3v) is 4.43. The van der Waals surface area contributed by atoms with Crippen LogP contribution in [0.4, 0.5) is 5.82 Å². The Hall–Kier alpha value is -1.34. The summed E-state index contributed by atoms with van der Waals surface area (Å²) in [5.74, 6) is 0.813. The lowest BCUT2D eigenvalue weighted by Gasteiger charge is -2.31. The van der Waals surface area contributed by atoms with Gasteiger partial charge in [-0.3, -0.25) is 4.79 Å². The Morgan fingerprint density at radius 3 is 2.81 bits per heavy atom. The maximum absolute atomic E-state index is 12.0. The molecule has 0 aliphatic carbocycles. The predicted octanol–water partition coefficient (Wildman–Crippen LogP) is 1.06. The molecule has 1 amide bonds. The molecule has 0 saturated carbocycles. The van der Waals surface area contributed by atoms with E-state index >= 15 is 0 Å². The second-order valence-electron chi connectivity index (χ2n) is 5.28. The number of hydrogen-bond acceptors (Lipinski definition) is 6. The highest BCUT2D eigenvalue weighted by atomic mass is 32.2. The van der Waals surface area contributed by atoms with Gasteiger partial charge in [-0.25, -0.2) is 9.97 Å². The second-order valence-corrected chi connectivity index (χ2v) is 6.22. The van der Waals surface area contributed by atoms with Crippen LogP contribution in [0.15, 0.2) is 11.2 Å². The number of nitrogens with zero attached hydrogens (tertiary/aromatic N) is 3. The van der Waals surface area contributed by atoms with Crippen molar-refractivity contribution in [2.45, 2.75) is 37.9 Å². The standard InChI is InChI=1S/C14H23N5OS/c1-3-19-6-4-11(5-7-19)17-13(20)9-21-14-16-10(2)8-12(15)18-14/h8,11H,3-7,9H2,1-2H3,(H,17,20)(H2,15,16,18). The number of thioether (sulfide) groups is 1. The van der Waals surface area contributed by atoms with Crippen molar-refractivity contribution in [3.05, 3.63) is 11.8 Å². The number of rotatable bonds is 5. The summed E-state index contributed by atoms with van der Waals surface area (Å²) in [6, 6.07) is 2.01. The Morgan fingerprint density at radius 2 is 2.19 bits per heavy atom. The Kier molecular flexibility index (Phi) is 5.81. The maximum Gasteiger partial charge on any atom is 0.230 e. The molecular formula is C14H23N5OS. The number of nitrogen functional groups attached to an aromatic ring is 1. The monoisotopic (exact) mass is 309 g/mol. The van der Waals surface area contributed by atoms with Gasteiger partial charge in [0.15, 0.2) is 5.16 Å². The summed E-state index contributed by atoms with van der Waals surface area (Å²) in [7, 11) is 0. The molecule has 6 nitrogen and oxygen atoms in total. The maximum atomic E-state index is 12.0. The molecule has 21 heavy (non-hydrogen) atoms. The van der Waals surface area contributed by atoms with E-state index in [0.717, 1.165) is 38.2 Å². The lowest BCUT2D eigenvalue weighted by Crippen LogP contribution is -2.45. The molecule has 0 radical (unpaired) electrons. The highest BCUT2D eigenvalue weighted by Crippen LogP contribution is 2.15. The highest BCUT2D eigenvalue weighted by molar-refractivity contribution is 7.99. The molecule has 7 heteroatoms. The number of carbonyl (C=O) groups excluding carboxylic acids is 1. The fraction of sp³-hybridized carbons (Fsp3) is 0.643. The van der Waals surface area contributed by atoms with Gasteiger partial charge in [0.25, 0.3) is 0 Å². The van der Waals surface area contributed by atoms with Crippen molar-refractivity contribution in [3.63, 3.8) is 0 Å². The summed E-state index contributed by atoms with van der Waals surface area (Å²) in [6.45, 7) is 7.24. The normalized spacial score (nSPS) is 16.9. The number of piperidine rings is 1. The molecular weight excluding hydrogens is 286 g/mol. The minimum absolute atomic E-state index is 0.0404. The number of anilines is 1. The Labute approximate surface area is 129 Å². The smallest absolute Gasteiger partial charge is 0.230 e. The molecule has 0 aromatic carbocycles. The van der Waals surface area contributed by atoms with E-state index in [-0.39, 0.29) is 5.91 Å².